The molecule has 0 bridgehead atoms. The van der Waals surface area contributed by atoms with E-state index in [9.17, 15) is 0 Å². The average molecular weight is 385 g/mol. The maximum absolute atomic E-state index is 5.48. The summed E-state index contributed by atoms with van der Waals surface area (Å²) in [7, 11) is 0. The van der Waals surface area contributed by atoms with Gasteiger partial charge in [0, 0.05) is 28.8 Å². The molecule has 4 nitrogen and oxygen atoms in total. The largest absolute Gasteiger partial charge is 0.282 e. The van der Waals surface area contributed by atoms with E-state index in [2.05, 4.69) is 64.4 Å². The summed E-state index contributed by atoms with van der Waals surface area (Å²) < 4.78 is 2.69. The number of rotatable bonds is 8. The molecule has 0 unspecified atom stereocenters. The van der Waals surface area contributed by atoms with E-state index >= 15 is 0 Å². The number of nitrogens with one attached hydrogen (secondary N) is 1. The van der Waals surface area contributed by atoms with Crippen LogP contribution >= 0.6 is 23.6 Å². The molecule has 1 aliphatic carbocycles. The van der Waals surface area contributed by atoms with Gasteiger partial charge in [0.1, 0.15) is 5.82 Å². The molecule has 1 aliphatic rings. The lowest BCUT2D eigenvalue weighted by Crippen LogP contribution is -2.28. The highest BCUT2D eigenvalue weighted by Gasteiger charge is 2.27. The van der Waals surface area contributed by atoms with Gasteiger partial charge in [-0.2, -0.15) is 0 Å². The number of H-pyrrole nitrogens is 1. The second-order valence-electron chi connectivity index (χ2n) is 7.04. The number of aromatic amines is 1. The van der Waals surface area contributed by atoms with Crippen molar-refractivity contribution in [1.29, 1.82) is 0 Å². The Morgan fingerprint density at radius 1 is 1.23 bits per heavy atom. The third-order valence-electron chi connectivity index (χ3n) is 4.74. The number of aryl methyl sites for hydroxylation is 1. The number of hydrogen-bond acceptors (Lipinski definition) is 4. The molecular formula is C20H24N4S2. The molecule has 6 heteroatoms. The zero-order valence-electron chi connectivity index (χ0n) is 15.0. The number of thiophene rings is 1. The van der Waals surface area contributed by atoms with Crippen LogP contribution in [0.3, 0.4) is 0 Å². The van der Waals surface area contributed by atoms with Crippen molar-refractivity contribution in [2.75, 3.05) is 6.54 Å². The second-order valence-corrected chi connectivity index (χ2v) is 8.77. The van der Waals surface area contributed by atoms with Gasteiger partial charge in [-0.05, 0) is 56.1 Å². The molecule has 2 aromatic heterocycles. The zero-order valence-corrected chi connectivity index (χ0v) is 16.7. The highest BCUT2D eigenvalue weighted by atomic mass is 32.1. The van der Waals surface area contributed by atoms with Crippen molar-refractivity contribution in [3.05, 3.63) is 68.4 Å². The van der Waals surface area contributed by atoms with Crippen LogP contribution in [0.1, 0.15) is 39.9 Å². The lowest BCUT2D eigenvalue weighted by Gasteiger charge is -2.22. The van der Waals surface area contributed by atoms with Crippen LogP contribution in [-0.2, 0) is 19.6 Å². The van der Waals surface area contributed by atoms with Crippen molar-refractivity contribution >= 4 is 23.6 Å². The highest BCUT2D eigenvalue weighted by molar-refractivity contribution is 7.71. The summed E-state index contributed by atoms with van der Waals surface area (Å²) in [6.45, 7) is 4.84. The SMILES string of the molecule is Cc1ccc(CN(CCc2ccccc2)Cn2[nH]c(C3CC3)nc2=S)s1. The van der Waals surface area contributed by atoms with Crippen LogP contribution in [0, 0.1) is 11.7 Å². The third kappa shape index (κ3) is 4.50. The van der Waals surface area contributed by atoms with Crippen molar-refractivity contribution in [2.45, 2.75) is 45.3 Å². The topological polar surface area (TPSA) is 36.9 Å². The van der Waals surface area contributed by atoms with E-state index in [1.54, 1.807) is 0 Å². The first-order valence-corrected chi connectivity index (χ1v) is 10.4. The monoisotopic (exact) mass is 384 g/mol. The Morgan fingerprint density at radius 3 is 2.73 bits per heavy atom. The van der Waals surface area contributed by atoms with E-state index in [1.165, 1.54) is 28.2 Å². The fourth-order valence-electron chi connectivity index (χ4n) is 3.13. The average Bonchev–Trinajstić information content (AvgIpc) is 3.32. The molecule has 26 heavy (non-hydrogen) atoms. The van der Waals surface area contributed by atoms with Gasteiger partial charge in [-0.3, -0.25) is 10.00 Å². The Labute approximate surface area is 163 Å². The molecule has 136 valence electrons. The van der Waals surface area contributed by atoms with Gasteiger partial charge in [0.25, 0.3) is 0 Å². The lowest BCUT2D eigenvalue weighted by molar-refractivity contribution is 0.200. The fourth-order valence-corrected chi connectivity index (χ4v) is 4.27. The van der Waals surface area contributed by atoms with Crippen LogP contribution in [0.2, 0.25) is 0 Å². The molecule has 0 spiro atoms. The van der Waals surface area contributed by atoms with Crippen LogP contribution in [-0.4, -0.2) is 26.2 Å². The number of benzene rings is 1. The Bertz CT molecular complexity index is 905. The first kappa shape index (κ1) is 17.6. The predicted molar refractivity (Wildman–Crippen MR) is 109 cm³/mol. The molecule has 3 aromatic rings. The van der Waals surface area contributed by atoms with Gasteiger partial charge in [-0.15, -0.1) is 11.3 Å². The van der Waals surface area contributed by atoms with Gasteiger partial charge in [-0.25, -0.2) is 9.67 Å². The van der Waals surface area contributed by atoms with E-state index in [1.807, 2.05) is 16.0 Å². The van der Waals surface area contributed by atoms with Gasteiger partial charge in [0.05, 0.1) is 6.67 Å². The Kier molecular flexibility index (Phi) is 5.33. The Morgan fingerprint density at radius 2 is 2.04 bits per heavy atom. The molecular weight excluding hydrogens is 360 g/mol. The van der Waals surface area contributed by atoms with Gasteiger partial charge >= 0.3 is 0 Å². The molecule has 0 saturated heterocycles. The quantitative estimate of drug-likeness (QED) is 0.562. The first-order valence-electron chi connectivity index (χ1n) is 9.16. The molecule has 1 fully saturated rings. The summed E-state index contributed by atoms with van der Waals surface area (Å²) in [6.07, 6.45) is 3.49. The Hall–Kier alpha value is -1.76. The third-order valence-corrected chi connectivity index (χ3v) is 6.03. The molecule has 0 aliphatic heterocycles. The molecule has 2 heterocycles. The molecule has 4 rings (SSSR count). The number of hydrogen-bond donors (Lipinski definition) is 1. The Balaban J connectivity index is 1.48. The highest BCUT2D eigenvalue weighted by Crippen LogP contribution is 2.37. The summed E-state index contributed by atoms with van der Waals surface area (Å²) in [5, 5.41) is 3.43. The van der Waals surface area contributed by atoms with Crippen molar-refractivity contribution in [1.82, 2.24) is 19.7 Å². The smallest absolute Gasteiger partial charge is 0.217 e. The van der Waals surface area contributed by atoms with Crippen LogP contribution in [0.4, 0.5) is 0 Å². The van der Waals surface area contributed by atoms with Gasteiger partial charge in [0.2, 0.25) is 4.77 Å². The van der Waals surface area contributed by atoms with E-state index in [4.69, 9.17) is 12.2 Å². The number of aromatic nitrogens is 3. The maximum Gasteiger partial charge on any atom is 0.217 e. The maximum atomic E-state index is 5.48. The van der Waals surface area contributed by atoms with Gasteiger partial charge in [0.15, 0.2) is 0 Å². The fraction of sp³-hybridized carbons (Fsp3) is 0.400. The van der Waals surface area contributed by atoms with Crippen LogP contribution in [0.5, 0.6) is 0 Å². The summed E-state index contributed by atoms with van der Waals surface area (Å²) in [4.78, 5) is 9.75. The summed E-state index contributed by atoms with van der Waals surface area (Å²) in [5.74, 6) is 1.65. The number of nitrogens with zero attached hydrogens (tertiary/aromatic N) is 3. The zero-order chi connectivity index (χ0) is 17.9. The normalized spacial score (nSPS) is 14.2. The van der Waals surface area contributed by atoms with Crippen molar-refractivity contribution in [3.8, 4) is 0 Å². The summed E-state index contributed by atoms with van der Waals surface area (Å²) >= 11 is 7.35. The molecule has 0 radical (unpaired) electrons. The van der Waals surface area contributed by atoms with Crippen molar-refractivity contribution in [2.24, 2.45) is 0 Å². The van der Waals surface area contributed by atoms with Crippen LogP contribution in [0.15, 0.2) is 42.5 Å². The lowest BCUT2D eigenvalue weighted by atomic mass is 10.1. The summed E-state index contributed by atoms with van der Waals surface area (Å²) in [5.41, 5.74) is 1.37. The van der Waals surface area contributed by atoms with Crippen molar-refractivity contribution < 1.29 is 0 Å². The van der Waals surface area contributed by atoms with Crippen LogP contribution < -0.4 is 0 Å². The summed E-state index contributed by atoms with van der Waals surface area (Å²) in [6, 6.07) is 15.1. The molecule has 1 aromatic carbocycles. The van der Waals surface area contributed by atoms with Gasteiger partial charge in [-0.1, -0.05) is 30.3 Å². The van der Waals surface area contributed by atoms with E-state index in [-0.39, 0.29) is 0 Å². The van der Waals surface area contributed by atoms with Crippen LogP contribution in [0.25, 0.3) is 0 Å². The van der Waals surface area contributed by atoms with E-state index in [0.717, 1.165) is 32.0 Å². The first-order chi connectivity index (χ1) is 12.7. The molecule has 0 atom stereocenters. The minimum absolute atomic E-state index is 0.593. The molecule has 1 N–H and O–H groups in total. The van der Waals surface area contributed by atoms with Crippen molar-refractivity contribution in [3.63, 3.8) is 0 Å². The van der Waals surface area contributed by atoms with E-state index < -0.39 is 0 Å². The molecule has 1 saturated carbocycles. The molecule has 0 amide bonds. The second kappa shape index (κ2) is 7.86. The predicted octanol–water partition coefficient (Wildman–Crippen LogP) is 4.89. The van der Waals surface area contributed by atoms with E-state index in [0.29, 0.717) is 10.7 Å². The minimum Gasteiger partial charge on any atom is -0.282 e. The minimum atomic E-state index is 0.593. The standard InChI is InChI=1S/C20H24N4S2/c1-15-7-10-18(26-15)13-23(12-11-16-5-3-2-4-6-16)14-24-20(25)21-19(22-24)17-8-9-17/h2-7,10,17H,8-9,11-14H2,1H3,(H,21,22,25). The van der Waals surface area contributed by atoms with Gasteiger partial charge < -0.3 is 0 Å².